The number of fused-ring (bicyclic) bond motifs is 1. The number of H-pyrrole nitrogens is 1. The number of para-hydroxylation sites is 2. The Kier molecular flexibility index (Phi) is 6.83. The van der Waals surface area contributed by atoms with Gasteiger partial charge in [-0.3, -0.25) is 4.79 Å². The van der Waals surface area contributed by atoms with E-state index in [1.165, 1.54) is 18.0 Å². The first-order valence-electron chi connectivity index (χ1n) is 8.47. The molecule has 3 aromatic rings. The Bertz CT molecular complexity index is 964. The van der Waals surface area contributed by atoms with Crippen LogP contribution in [0.3, 0.4) is 0 Å². The van der Waals surface area contributed by atoms with Gasteiger partial charge in [0.05, 0.1) is 39.2 Å². The number of carbonyl (C=O) groups excluding carboxylic acids is 1. The van der Waals surface area contributed by atoms with Crippen molar-refractivity contribution in [2.24, 2.45) is 5.10 Å². The van der Waals surface area contributed by atoms with Crippen LogP contribution < -0.4 is 10.2 Å². The summed E-state index contributed by atoms with van der Waals surface area (Å²) in [4.78, 5) is 19.5. The average Bonchev–Trinajstić information content (AvgIpc) is 3.06. The Labute approximate surface area is 176 Å². The molecular formula is C19H18Cl2N4O2S. The van der Waals surface area contributed by atoms with Gasteiger partial charge in [-0.05, 0) is 43.7 Å². The third kappa shape index (κ3) is 5.41. The van der Waals surface area contributed by atoms with Crippen LogP contribution >= 0.6 is 35.0 Å². The molecule has 3 rings (SSSR count). The minimum atomic E-state index is -0.251. The van der Waals surface area contributed by atoms with Gasteiger partial charge in [0.2, 0.25) is 0 Å². The molecule has 0 aliphatic carbocycles. The molecule has 0 unspecified atom stereocenters. The number of thioether (sulfide) groups is 1. The number of rotatable bonds is 7. The molecule has 0 radical (unpaired) electrons. The molecule has 6 nitrogen and oxygen atoms in total. The molecule has 0 fully saturated rings. The summed E-state index contributed by atoms with van der Waals surface area (Å²) in [5.74, 6) is 0.361. The molecule has 0 bridgehead atoms. The lowest BCUT2D eigenvalue weighted by atomic mass is 10.2. The van der Waals surface area contributed by atoms with Gasteiger partial charge < -0.3 is 9.72 Å². The second-order valence-electron chi connectivity index (χ2n) is 6.12. The number of hydrogen-bond donors (Lipinski definition) is 2. The van der Waals surface area contributed by atoms with Crippen LogP contribution in [0.4, 0.5) is 0 Å². The van der Waals surface area contributed by atoms with Gasteiger partial charge >= 0.3 is 0 Å². The van der Waals surface area contributed by atoms with Crippen molar-refractivity contribution in [1.29, 1.82) is 0 Å². The predicted molar refractivity (Wildman–Crippen MR) is 115 cm³/mol. The van der Waals surface area contributed by atoms with Gasteiger partial charge in [0, 0.05) is 0 Å². The maximum absolute atomic E-state index is 12.0. The van der Waals surface area contributed by atoms with E-state index in [1.807, 2.05) is 38.1 Å². The standard InChI is InChI=1S/C19H18Cl2N4O2S/c1-11(2)27-18-13(20)7-12(8-14(18)21)9-22-25-17(26)10-28-19-23-15-5-3-4-6-16(15)24-19/h3-9,11H,10H2,1-2H3,(H,23,24)(H,25,26)/b22-9-. The zero-order valence-electron chi connectivity index (χ0n) is 15.2. The molecular weight excluding hydrogens is 419 g/mol. The number of hydrogen-bond acceptors (Lipinski definition) is 5. The summed E-state index contributed by atoms with van der Waals surface area (Å²) < 4.78 is 5.58. The van der Waals surface area contributed by atoms with Gasteiger partial charge in [0.25, 0.3) is 5.91 Å². The average molecular weight is 437 g/mol. The summed E-state index contributed by atoms with van der Waals surface area (Å²) in [6.45, 7) is 3.78. The van der Waals surface area contributed by atoms with Crippen LogP contribution in [0.2, 0.25) is 10.0 Å². The van der Waals surface area contributed by atoms with E-state index in [4.69, 9.17) is 27.9 Å². The van der Waals surface area contributed by atoms with Crippen LogP contribution in [0, 0.1) is 0 Å². The van der Waals surface area contributed by atoms with Gasteiger partial charge in [-0.2, -0.15) is 5.10 Å². The summed E-state index contributed by atoms with van der Waals surface area (Å²) in [7, 11) is 0. The summed E-state index contributed by atoms with van der Waals surface area (Å²) in [5.41, 5.74) is 4.92. The zero-order chi connectivity index (χ0) is 20.1. The van der Waals surface area contributed by atoms with Crippen molar-refractivity contribution >= 4 is 58.1 Å². The number of nitrogens with zero attached hydrogens (tertiary/aromatic N) is 2. The van der Waals surface area contributed by atoms with Crippen molar-refractivity contribution in [1.82, 2.24) is 15.4 Å². The Morgan fingerprint density at radius 3 is 2.71 bits per heavy atom. The van der Waals surface area contributed by atoms with Crippen molar-refractivity contribution in [2.45, 2.75) is 25.1 Å². The Morgan fingerprint density at radius 1 is 1.32 bits per heavy atom. The molecule has 0 atom stereocenters. The molecule has 0 spiro atoms. The fourth-order valence-corrected chi connectivity index (χ4v) is 3.62. The van der Waals surface area contributed by atoms with E-state index in [9.17, 15) is 4.79 Å². The smallest absolute Gasteiger partial charge is 0.250 e. The lowest BCUT2D eigenvalue weighted by Gasteiger charge is -2.13. The molecule has 0 aliphatic rings. The largest absolute Gasteiger partial charge is 0.488 e. The number of hydrazone groups is 1. The number of halogens is 2. The van der Waals surface area contributed by atoms with Gasteiger partial charge in [0.15, 0.2) is 10.9 Å². The molecule has 0 aliphatic heterocycles. The fourth-order valence-electron chi connectivity index (χ4n) is 2.35. The molecule has 0 saturated heterocycles. The van der Waals surface area contributed by atoms with Crippen molar-refractivity contribution in [2.75, 3.05) is 5.75 Å². The third-order valence-corrected chi connectivity index (χ3v) is 4.92. The lowest BCUT2D eigenvalue weighted by molar-refractivity contribution is -0.118. The number of aromatic nitrogens is 2. The van der Waals surface area contributed by atoms with Crippen LogP contribution in [0.15, 0.2) is 46.7 Å². The lowest BCUT2D eigenvalue weighted by Crippen LogP contribution is -2.19. The minimum Gasteiger partial charge on any atom is -0.488 e. The SMILES string of the molecule is CC(C)Oc1c(Cl)cc(/C=N\NC(=O)CSc2nc3ccccc3[nH]2)cc1Cl. The number of amides is 1. The molecule has 28 heavy (non-hydrogen) atoms. The van der Waals surface area contributed by atoms with Crippen LogP contribution in [-0.4, -0.2) is 33.9 Å². The summed E-state index contributed by atoms with van der Waals surface area (Å²) in [5, 5.41) is 5.39. The zero-order valence-corrected chi connectivity index (χ0v) is 17.5. The van der Waals surface area contributed by atoms with Gasteiger partial charge in [0.1, 0.15) is 0 Å². The van der Waals surface area contributed by atoms with Crippen molar-refractivity contribution in [3.8, 4) is 5.75 Å². The highest BCUT2D eigenvalue weighted by molar-refractivity contribution is 7.99. The first-order chi connectivity index (χ1) is 13.4. The molecule has 146 valence electrons. The minimum absolute atomic E-state index is 0.0435. The van der Waals surface area contributed by atoms with E-state index < -0.39 is 0 Å². The predicted octanol–water partition coefficient (Wildman–Crippen LogP) is 4.90. The highest BCUT2D eigenvalue weighted by Gasteiger charge is 2.11. The summed E-state index contributed by atoms with van der Waals surface area (Å²) in [6.07, 6.45) is 1.43. The summed E-state index contributed by atoms with van der Waals surface area (Å²) >= 11 is 13.7. The van der Waals surface area contributed by atoms with Crippen LogP contribution in [0.5, 0.6) is 5.75 Å². The van der Waals surface area contributed by atoms with Crippen molar-refractivity contribution in [3.63, 3.8) is 0 Å². The van der Waals surface area contributed by atoms with Gasteiger partial charge in [-0.15, -0.1) is 0 Å². The molecule has 2 N–H and O–H groups in total. The second-order valence-corrected chi connectivity index (χ2v) is 7.90. The molecule has 2 aromatic carbocycles. The number of carbonyl (C=O) groups is 1. The van der Waals surface area contributed by atoms with Crippen molar-refractivity contribution < 1.29 is 9.53 Å². The number of ether oxygens (including phenoxy) is 1. The molecule has 1 heterocycles. The van der Waals surface area contributed by atoms with E-state index in [-0.39, 0.29) is 17.8 Å². The Balaban J connectivity index is 1.54. The molecule has 9 heteroatoms. The third-order valence-electron chi connectivity index (χ3n) is 3.48. The van der Waals surface area contributed by atoms with Crippen LogP contribution in [0.25, 0.3) is 11.0 Å². The highest BCUT2D eigenvalue weighted by Crippen LogP contribution is 2.34. The molecule has 1 amide bonds. The number of benzene rings is 2. The van der Waals surface area contributed by atoms with E-state index in [1.54, 1.807) is 12.1 Å². The van der Waals surface area contributed by atoms with Gasteiger partial charge in [-0.25, -0.2) is 10.4 Å². The van der Waals surface area contributed by atoms with Gasteiger partial charge in [-0.1, -0.05) is 47.1 Å². The quantitative estimate of drug-likeness (QED) is 0.313. The first-order valence-corrected chi connectivity index (χ1v) is 10.2. The first kappa shape index (κ1) is 20.5. The topological polar surface area (TPSA) is 79.4 Å². The Morgan fingerprint density at radius 2 is 2.04 bits per heavy atom. The Hall–Kier alpha value is -2.22. The number of nitrogens with one attached hydrogen (secondary N) is 2. The highest BCUT2D eigenvalue weighted by atomic mass is 35.5. The van der Waals surface area contributed by atoms with E-state index in [0.29, 0.717) is 26.5 Å². The number of aromatic amines is 1. The maximum atomic E-state index is 12.0. The van der Waals surface area contributed by atoms with E-state index >= 15 is 0 Å². The van der Waals surface area contributed by atoms with Crippen LogP contribution in [0.1, 0.15) is 19.4 Å². The maximum Gasteiger partial charge on any atom is 0.250 e. The number of imidazole rings is 1. The van der Waals surface area contributed by atoms with E-state index in [2.05, 4.69) is 20.5 Å². The fraction of sp³-hybridized carbons (Fsp3) is 0.211. The monoisotopic (exact) mass is 436 g/mol. The normalized spacial score (nSPS) is 11.5. The van der Waals surface area contributed by atoms with Crippen molar-refractivity contribution in [3.05, 3.63) is 52.0 Å². The summed E-state index contributed by atoms with van der Waals surface area (Å²) in [6, 6.07) is 11.0. The van der Waals surface area contributed by atoms with E-state index in [0.717, 1.165) is 11.0 Å². The second kappa shape index (κ2) is 9.32. The van der Waals surface area contributed by atoms with Crippen LogP contribution in [-0.2, 0) is 4.79 Å². The molecule has 1 aromatic heterocycles. The molecule has 0 saturated carbocycles.